The van der Waals surface area contributed by atoms with Crippen LogP contribution in [0.2, 0.25) is 0 Å². The van der Waals surface area contributed by atoms with Crippen LogP contribution >= 0.6 is 15.9 Å². The predicted molar refractivity (Wildman–Crippen MR) is 91.7 cm³/mol. The van der Waals surface area contributed by atoms with Crippen LogP contribution in [0.25, 0.3) is 0 Å². The van der Waals surface area contributed by atoms with Gasteiger partial charge in [-0.1, -0.05) is 22.9 Å². The van der Waals surface area contributed by atoms with E-state index >= 15 is 0 Å². The number of carbonyl (C=O) groups excluding carboxylic acids is 2. The molecule has 1 fully saturated rings. The molecule has 4 nitrogen and oxygen atoms in total. The van der Waals surface area contributed by atoms with Crippen molar-refractivity contribution >= 4 is 33.4 Å². The number of carbonyl (C=O) groups is 2. The van der Waals surface area contributed by atoms with Gasteiger partial charge in [0.25, 0.3) is 0 Å². The molecule has 1 aromatic rings. The average molecular weight is 367 g/mol. The molecule has 0 bridgehead atoms. The standard InChI is InChI=1S/C17H23BrN2O2/c1-3-5-16(21)20-9-4-6-13(11-20)17(22)19-14-7-8-15(18)12(2)10-14/h7-8,10,13H,3-6,9,11H2,1-2H3,(H,19,22). The van der Waals surface area contributed by atoms with E-state index in [0.717, 1.165) is 41.5 Å². The average Bonchev–Trinajstić information content (AvgIpc) is 2.51. The molecule has 2 amide bonds. The highest BCUT2D eigenvalue weighted by molar-refractivity contribution is 9.10. The lowest BCUT2D eigenvalue weighted by atomic mass is 9.96. The molecule has 0 radical (unpaired) electrons. The third kappa shape index (κ3) is 4.32. The zero-order valence-corrected chi connectivity index (χ0v) is 14.8. The van der Waals surface area contributed by atoms with Gasteiger partial charge in [0.15, 0.2) is 0 Å². The number of benzene rings is 1. The lowest BCUT2D eigenvalue weighted by Gasteiger charge is -2.32. The van der Waals surface area contributed by atoms with Gasteiger partial charge < -0.3 is 10.2 Å². The minimum atomic E-state index is -0.112. The third-order valence-corrected chi connectivity index (χ3v) is 4.92. The van der Waals surface area contributed by atoms with Crippen molar-refractivity contribution in [1.82, 2.24) is 4.90 Å². The SMILES string of the molecule is CCCC(=O)N1CCCC(C(=O)Nc2ccc(Br)c(C)c2)C1. The van der Waals surface area contributed by atoms with Gasteiger partial charge in [0.05, 0.1) is 5.92 Å². The van der Waals surface area contributed by atoms with Gasteiger partial charge in [0.1, 0.15) is 0 Å². The monoisotopic (exact) mass is 366 g/mol. The molecule has 1 unspecified atom stereocenters. The highest BCUT2D eigenvalue weighted by Crippen LogP contribution is 2.23. The van der Waals surface area contributed by atoms with Gasteiger partial charge in [-0.25, -0.2) is 0 Å². The summed E-state index contributed by atoms with van der Waals surface area (Å²) in [6, 6.07) is 5.77. The second-order valence-corrected chi connectivity index (χ2v) is 6.74. The predicted octanol–water partition coefficient (Wildman–Crippen LogP) is 3.73. The molecule has 1 atom stereocenters. The Morgan fingerprint density at radius 3 is 2.86 bits per heavy atom. The molecule has 1 saturated heterocycles. The fourth-order valence-corrected chi connectivity index (χ4v) is 3.00. The Morgan fingerprint density at radius 2 is 2.18 bits per heavy atom. The van der Waals surface area contributed by atoms with E-state index in [2.05, 4.69) is 21.2 Å². The summed E-state index contributed by atoms with van der Waals surface area (Å²) in [5.74, 6) is 0.0636. The van der Waals surface area contributed by atoms with Gasteiger partial charge in [-0.2, -0.15) is 0 Å². The smallest absolute Gasteiger partial charge is 0.229 e. The van der Waals surface area contributed by atoms with E-state index in [1.54, 1.807) is 0 Å². The summed E-state index contributed by atoms with van der Waals surface area (Å²) in [6.45, 7) is 5.31. The van der Waals surface area contributed by atoms with Crippen molar-refractivity contribution in [3.05, 3.63) is 28.2 Å². The molecule has 1 aliphatic heterocycles. The van der Waals surface area contributed by atoms with E-state index in [1.165, 1.54) is 0 Å². The summed E-state index contributed by atoms with van der Waals surface area (Å²) < 4.78 is 1.03. The van der Waals surface area contributed by atoms with Crippen molar-refractivity contribution in [3.63, 3.8) is 0 Å². The van der Waals surface area contributed by atoms with Gasteiger partial charge in [0, 0.05) is 29.7 Å². The molecule has 0 spiro atoms. The van der Waals surface area contributed by atoms with Crippen LogP contribution in [0.3, 0.4) is 0 Å². The number of hydrogen-bond donors (Lipinski definition) is 1. The summed E-state index contributed by atoms with van der Waals surface area (Å²) in [5.41, 5.74) is 1.89. The summed E-state index contributed by atoms with van der Waals surface area (Å²) >= 11 is 3.45. The zero-order valence-electron chi connectivity index (χ0n) is 13.2. The van der Waals surface area contributed by atoms with Crippen LogP contribution in [0, 0.1) is 12.8 Å². The number of halogens is 1. The molecule has 0 aromatic heterocycles. The zero-order chi connectivity index (χ0) is 16.1. The second-order valence-electron chi connectivity index (χ2n) is 5.88. The van der Waals surface area contributed by atoms with Gasteiger partial charge in [-0.05, 0) is 49.9 Å². The minimum absolute atomic E-state index is 0.00993. The van der Waals surface area contributed by atoms with Gasteiger partial charge in [0.2, 0.25) is 11.8 Å². The second kappa shape index (κ2) is 7.77. The maximum atomic E-state index is 12.4. The fourth-order valence-electron chi connectivity index (χ4n) is 2.76. The van der Waals surface area contributed by atoms with Gasteiger partial charge in [-0.3, -0.25) is 9.59 Å². The van der Waals surface area contributed by atoms with E-state index in [1.807, 2.05) is 36.9 Å². The summed E-state index contributed by atoms with van der Waals surface area (Å²) in [7, 11) is 0. The summed E-state index contributed by atoms with van der Waals surface area (Å²) in [5, 5.41) is 2.97. The number of piperidine rings is 1. The van der Waals surface area contributed by atoms with E-state index in [4.69, 9.17) is 0 Å². The molecule has 1 N–H and O–H groups in total. The Morgan fingerprint density at radius 1 is 1.41 bits per heavy atom. The lowest BCUT2D eigenvalue weighted by molar-refractivity contribution is -0.134. The van der Waals surface area contributed by atoms with Crippen LogP contribution in [0.1, 0.15) is 38.2 Å². The molecule has 22 heavy (non-hydrogen) atoms. The number of nitrogens with one attached hydrogen (secondary N) is 1. The molecular weight excluding hydrogens is 344 g/mol. The molecule has 0 aliphatic carbocycles. The van der Waals surface area contributed by atoms with E-state index in [0.29, 0.717) is 13.0 Å². The van der Waals surface area contributed by atoms with Crippen molar-refractivity contribution in [2.24, 2.45) is 5.92 Å². The largest absolute Gasteiger partial charge is 0.342 e. The van der Waals surface area contributed by atoms with Crippen molar-refractivity contribution < 1.29 is 9.59 Å². The minimum Gasteiger partial charge on any atom is -0.342 e. The van der Waals surface area contributed by atoms with Crippen molar-refractivity contribution in [2.75, 3.05) is 18.4 Å². The van der Waals surface area contributed by atoms with Crippen molar-refractivity contribution in [3.8, 4) is 0 Å². The maximum absolute atomic E-state index is 12.4. The first-order valence-electron chi connectivity index (χ1n) is 7.86. The number of hydrogen-bond acceptors (Lipinski definition) is 2. The Labute approximate surface area is 140 Å². The van der Waals surface area contributed by atoms with Crippen LogP contribution < -0.4 is 5.32 Å². The van der Waals surface area contributed by atoms with Crippen molar-refractivity contribution in [2.45, 2.75) is 39.5 Å². The van der Waals surface area contributed by atoms with Crippen LogP contribution in [0.4, 0.5) is 5.69 Å². The summed E-state index contributed by atoms with van der Waals surface area (Å²) in [4.78, 5) is 26.3. The fraction of sp³-hybridized carbons (Fsp3) is 0.529. The van der Waals surface area contributed by atoms with Gasteiger partial charge in [-0.15, -0.1) is 0 Å². The topological polar surface area (TPSA) is 49.4 Å². The number of amides is 2. The highest BCUT2D eigenvalue weighted by Gasteiger charge is 2.28. The lowest BCUT2D eigenvalue weighted by Crippen LogP contribution is -2.43. The Hall–Kier alpha value is -1.36. The molecular formula is C17H23BrN2O2. The molecule has 1 aromatic carbocycles. The quantitative estimate of drug-likeness (QED) is 0.882. The molecule has 1 heterocycles. The number of aryl methyl sites for hydroxylation is 1. The number of likely N-dealkylation sites (tertiary alicyclic amines) is 1. The Kier molecular flexibility index (Phi) is 6.00. The number of rotatable bonds is 4. The molecule has 5 heteroatoms. The molecule has 0 saturated carbocycles. The normalized spacial score (nSPS) is 18.1. The van der Waals surface area contributed by atoms with Crippen LogP contribution in [0.15, 0.2) is 22.7 Å². The third-order valence-electron chi connectivity index (χ3n) is 4.03. The summed E-state index contributed by atoms with van der Waals surface area (Å²) in [6.07, 6.45) is 3.16. The van der Waals surface area contributed by atoms with Crippen LogP contribution in [0.5, 0.6) is 0 Å². The highest BCUT2D eigenvalue weighted by atomic mass is 79.9. The number of anilines is 1. The van der Waals surface area contributed by atoms with Crippen molar-refractivity contribution in [1.29, 1.82) is 0 Å². The molecule has 120 valence electrons. The first-order valence-corrected chi connectivity index (χ1v) is 8.65. The maximum Gasteiger partial charge on any atom is 0.229 e. The Balaban J connectivity index is 1.96. The first-order chi connectivity index (χ1) is 10.5. The van der Waals surface area contributed by atoms with E-state index < -0.39 is 0 Å². The van der Waals surface area contributed by atoms with E-state index in [9.17, 15) is 9.59 Å². The van der Waals surface area contributed by atoms with Gasteiger partial charge >= 0.3 is 0 Å². The first kappa shape index (κ1) is 17.0. The van der Waals surface area contributed by atoms with Crippen LogP contribution in [-0.2, 0) is 9.59 Å². The molecule has 1 aliphatic rings. The molecule has 2 rings (SSSR count). The van der Waals surface area contributed by atoms with Crippen LogP contribution in [-0.4, -0.2) is 29.8 Å². The van der Waals surface area contributed by atoms with E-state index in [-0.39, 0.29) is 17.7 Å². The number of nitrogens with zero attached hydrogens (tertiary/aromatic N) is 1. The Bertz CT molecular complexity index is 560.